The highest BCUT2D eigenvalue weighted by molar-refractivity contribution is 5.31. The Morgan fingerprint density at radius 2 is 1.86 bits per heavy atom. The molecule has 0 aromatic heterocycles. The molecular formula is C20H27FO. The molecular weight excluding hydrogens is 275 g/mol. The van der Waals surface area contributed by atoms with E-state index in [1.54, 1.807) is 12.1 Å². The SMILES string of the molecule is CC=CC1CCC2CC(c3ccc(OC)c(F)c3)CCC2C1. The first-order valence-electron chi connectivity index (χ1n) is 8.67. The number of halogens is 1. The van der Waals surface area contributed by atoms with Crippen molar-refractivity contribution < 1.29 is 9.13 Å². The number of methoxy groups -OCH3 is 1. The van der Waals surface area contributed by atoms with Crippen molar-refractivity contribution in [2.24, 2.45) is 17.8 Å². The molecule has 2 aliphatic rings. The van der Waals surface area contributed by atoms with Gasteiger partial charge in [0.1, 0.15) is 0 Å². The fourth-order valence-electron chi connectivity index (χ4n) is 4.61. The average Bonchev–Trinajstić information content (AvgIpc) is 2.54. The highest BCUT2D eigenvalue weighted by Crippen LogP contribution is 2.48. The van der Waals surface area contributed by atoms with Gasteiger partial charge in [0.05, 0.1) is 7.11 Å². The van der Waals surface area contributed by atoms with E-state index in [1.165, 1.54) is 45.6 Å². The Kier molecular flexibility index (Phi) is 4.85. The Morgan fingerprint density at radius 1 is 1.09 bits per heavy atom. The molecule has 0 N–H and O–H groups in total. The molecule has 3 rings (SSSR count). The number of rotatable bonds is 3. The van der Waals surface area contributed by atoms with E-state index in [2.05, 4.69) is 25.1 Å². The molecule has 0 radical (unpaired) electrons. The normalized spacial score (nSPS) is 32.0. The third-order valence-electron chi connectivity index (χ3n) is 5.77. The van der Waals surface area contributed by atoms with Crippen LogP contribution in [0.2, 0.25) is 0 Å². The van der Waals surface area contributed by atoms with Gasteiger partial charge in [-0.2, -0.15) is 0 Å². The lowest BCUT2D eigenvalue weighted by molar-refractivity contribution is 0.133. The standard InChI is InChI=1S/C20H27FO/c1-3-4-14-5-6-16-12-17(8-7-15(16)11-14)18-9-10-20(22-2)19(21)13-18/h3-4,9-10,13-17H,5-8,11-12H2,1-2H3. The van der Waals surface area contributed by atoms with Gasteiger partial charge in [0.15, 0.2) is 11.6 Å². The Bertz CT molecular complexity index is 537. The van der Waals surface area contributed by atoms with Crippen molar-refractivity contribution in [3.63, 3.8) is 0 Å². The van der Waals surface area contributed by atoms with Crippen LogP contribution >= 0.6 is 0 Å². The van der Waals surface area contributed by atoms with Gasteiger partial charge in [0.25, 0.3) is 0 Å². The van der Waals surface area contributed by atoms with Crippen LogP contribution in [0.4, 0.5) is 4.39 Å². The zero-order valence-electron chi connectivity index (χ0n) is 13.7. The minimum Gasteiger partial charge on any atom is -0.494 e. The second-order valence-electron chi connectivity index (χ2n) is 7.02. The molecule has 1 nitrogen and oxygen atoms in total. The molecule has 1 aromatic rings. The second-order valence-corrected chi connectivity index (χ2v) is 7.02. The maximum atomic E-state index is 13.9. The smallest absolute Gasteiger partial charge is 0.165 e. The van der Waals surface area contributed by atoms with E-state index >= 15 is 0 Å². The summed E-state index contributed by atoms with van der Waals surface area (Å²) < 4.78 is 19.0. The fraction of sp³-hybridized carbons (Fsp3) is 0.600. The van der Waals surface area contributed by atoms with Crippen molar-refractivity contribution in [1.82, 2.24) is 0 Å². The lowest BCUT2D eigenvalue weighted by atomic mass is 9.64. The summed E-state index contributed by atoms with van der Waals surface area (Å²) >= 11 is 0. The molecule has 0 saturated heterocycles. The summed E-state index contributed by atoms with van der Waals surface area (Å²) in [6.45, 7) is 2.13. The number of benzene rings is 1. The van der Waals surface area contributed by atoms with Crippen LogP contribution in [0.5, 0.6) is 5.75 Å². The first-order chi connectivity index (χ1) is 10.7. The molecule has 4 atom stereocenters. The van der Waals surface area contributed by atoms with E-state index in [4.69, 9.17) is 4.74 Å². The van der Waals surface area contributed by atoms with Crippen molar-refractivity contribution in [3.8, 4) is 5.75 Å². The van der Waals surface area contributed by atoms with Crippen molar-refractivity contribution in [1.29, 1.82) is 0 Å². The summed E-state index contributed by atoms with van der Waals surface area (Å²) in [5.41, 5.74) is 1.16. The molecule has 2 saturated carbocycles. The quantitative estimate of drug-likeness (QED) is 0.650. The van der Waals surface area contributed by atoms with Gasteiger partial charge in [0.2, 0.25) is 0 Å². The van der Waals surface area contributed by atoms with Crippen LogP contribution in [0, 0.1) is 23.6 Å². The minimum atomic E-state index is -0.223. The summed E-state index contributed by atoms with van der Waals surface area (Å²) in [6.07, 6.45) is 12.4. The van der Waals surface area contributed by atoms with E-state index in [1.807, 2.05) is 0 Å². The zero-order chi connectivity index (χ0) is 15.5. The molecule has 2 aliphatic carbocycles. The molecule has 120 valence electrons. The molecule has 1 aromatic carbocycles. The highest BCUT2D eigenvalue weighted by atomic mass is 19.1. The second kappa shape index (κ2) is 6.85. The third kappa shape index (κ3) is 3.21. The maximum absolute atomic E-state index is 13.9. The van der Waals surface area contributed by atoms with E-state index in [0.717, 1.165) is 23.3 Å². The van der Waals surface area contributed by atoms with Crippen molar-refractivity contribution in [2.45, 2.75) is 51.4 Å². The molecule has 22 heavy (non-hydrogen) atoms. The first-order valence-corrected chi connectivity index (χ1v) is 8.67. The van der Waals surface area contributed by atoms with Gasteiger partial charge < -0.3 is 4.74 Å². The van der Waals surface area contributed by atoms with Crippen LogP contribution in [-0.2, 0) is 0 Å². The molecule has 0 amide bonds. The van der Waals surface area contributed by atoms with Gasteiger partial charge in [-0.1, -0.05) is 18.2 Å². The Morgan fingerprint density at radius 3 is 2.59 bits per heavy atom. The van der Waals surface area contributed by atoms with E-state index < -0.39 is 0 Å². The van der Waals surface area contributed by atoms with E-state index in [0.29, 0.717) is 11.7 Å². The molecule has 4 unspecified atom stereocenters. The summed E-state index contributed by atoms with van der Waals surface area (Å²) in [6, 6.07) is 5.52. The molecule has 2 heteroatoms. The van der Waals surface area contributed by atoms with E-state index in [-0.39, 0.29) is 5.82 Å². The van der Waals surface area contributed by atoms with Crippen LogP contribution in [0.25, 0.3) is 0 Å². The predicted octanol–water partition coefficient (Wildman–Crippen LogP) is 5.71. The lowest BCUT2D eigenvalue weighted by Gasteiger charge is -2.41. The summed E-state index contributed by atoms with van der Waals surface area (Å²) in [5.74, 6) is 3.17. The first kappa shape index (κ1) is 15.6. The summed E-state index contributed by atoms with van der Waals surface area (Å²) in [7, 11) is 1.52. The molecule has 0 aliphatic heterocycles. The molecule has 2 fully saturated rings. The largest absolute Gasteiger partial charge is 0.494 e. The number of hydrogen-bond acceptors (Lipinski definition) is 1. The van der Waals surface area contributed by atoms with Crippen LogP contribution in [0.3, 0.4) is 0 Å². The maximum Gasteiger partial charge on any atom is 0.165 e. The number of allylic oxidation sites excluding steroid dienone is 2. The highest BCUT2D eigenvalue weighted by Gasteiger charge is 2.35. The average molecular weight is 302 g/mol. The van der Waals surface area contributed by atoms with Gasteiger partial charge in [-0.15, -0.1) is 0 Å². The fourth-order valence-corrected chi connectivity index (χ4v) is 4.61. The van der Waals surface area contributed by atoms with Crippen molar-refractivity contribution >= 4 is 0 Å². The van der Waals surface area contributed by atoms with Crippen molar-refractivity contribution in [3.05, 3.63) is 41.7 Å². The zero-order valence-corrected chi connectivity index (χ0v) is 13.7. The molecule has 0 spiro atoms. The Hall–Kier alpha value is -1.31. The molecule has 0 heterocycles. The van der Waals surface area contributed by atoms with Crippen LogP contribution in [-0.4, -0.2) is 7.11 Å². The van der Waals surface area contributed by atoms with E-state index in [9.17, 15) is 4.39 Å². The van der Waals surface area contributed by atoms with Crippen LogP contribution < -0.4 is 4.74 Å². The minimum absolute atomic E-state index is 0.223. The van der Waals surface area contributed by atoms with Gasteiger partial charge >= 0.3 is 0 Å². The number of fused-ring (bicyclic) bond motifs is 1. The molecule has 0 bridgehead atoms. The van der Waals surface area contributed by atoms with Gasteiger partial charge in [0, 0.05) is 0 Å². The summed E-state index contributed by atoms with van der Waals surface area (Å²) in [5, 5.41) is 0. The van der Waals surface area contributed by atoms with Gasteiger partial charge in [-0.25, -0.2) is 4.39 Å². The predicted molar refractivity (Wildman–Crippen MR) is 88.7 cm³/mol. The number of ether oxygens (including phenoxy) is 1. The summed E-state index contributed by atoms with van der Waals surface area (Å²) in [4.78, 5) is 0. The number of hydrogen-bond donors (Lipinski definition) is 0. The van der Waals surface area contributed by atoms with Crippen LogP contribution in [0.1, 0.15) is 56.9 Å². The Labute approximate surface area is 133 Å². The Balaban J connectivity index is 1.66. The van der Waals surface area contributed by atoms with Crippen LogP contribution in [0.15, 0.2) is 30.4 Å². The monoisotopic (exact) mass is 302 g/mol. The topological polar surface area (TPSA) is 9.23 Å². The van der Waals surface area contributed by atoms with Crippen molar-refractivity contribution in [2.75, 3.05) is 7.11 Å². The van der Waals surface area contributed by atoms with Gasteiger partial charge in [-0.3, -0.25) is 0 Å². The third-order valence-corrected chi connectivity index (χ3v) is 5.77. The van der Waals surface area contributed by atoms with Gasteiger partial charge in [-0.05, 0) is 86.8 Å². The lowest BCUT2D eigenvalue weighted by Crippen LogP contribution is -2.30.